The van der Waals surface area contributed by atoms with Crippen LogP contribution in [0.3, 0.4) is 0 Å². The van der Waals surface area contributed by atoms with Crippen LogP contribution in [0.15, 0.2) is 43.0 Å². The molecule has 0 aromatic heterocycles. The van der Waals surface area contributed by atoms with Crippen LogP contribution >= 0.6 is 7.14 Å². The second-order valence-electron chi connectivity index (χ2n) is 5.41. The van der Waals surface area contributed by atoms with Gasteiger partial charge in [0, 0.05) is 6.42 Å². The average Bonchev–Trinajstić information content (AvgIpc) is 2.44. The third-order valence-corrected chi connectivity index (χ3v) is 6.16. The summed E-state index contributed by atoms with van der Waals surface area (Å²) in [6, 6.07) is 9.36. The Morgan fingerprint density at radius 2 is 2.00 bits per heavy atom. The first kappa shape index (κ1) is 17.6. The smallest absolute Gasteiger partial charge is 0.250 e. The van der Waals surface area contributed by atoms with Crippen molar-refractivity contribution in [1.82, 2.24) is 10.4 Å². The van der Waals surface area contributed by atoms with Gasteiger partial charge in [-0.05, 0) is 25.8 Å². The minimum atomic E-state index is -2.59. The van der Waals surface area contributed by atoms with E-state index in [4.69, 9.17) is 0 Å². The number of nitrogens with one attached hydrogen (secondary N) is 1. The van der Waals surface area contributed by atoms with E-state index in [1.807, 2.05) is 37.3 Å². The minimum Gasteiger partial charge on any atom is -0.322 e. The summed E-state index contributed by atoms with van der Waals surface area (Å²) in [5.41, 5.74) is 0.850. The normalized spacial score (nSPS) is 14.3. The maximum Gasteiger partial charge on any atom is 0.250 e. The lowest BCUT2D eigenvalue weighted by molar-refractivity contribution is -0.166. The van der Waals surface area contributed by atoms with E-state index >= 15 is 0 Å². The molecule has 5 nitrogen and oxygen atoms in total. The van der Waals surface area contributed by atoms with E-state index in [-0.39, 0.29) is 13.1 Å². The number of amides is 1. The van der Waals surface area contributed by atoms with Crippen LogP contribution in [0, 0.1) is 0 Å². The largest absolute Gasteiger partial charge is 0.322 e. The molecule has 0 aliphatic carbocycles. The van der Waals surface area contributed by atoms with E-state index in [0.717, 1.165) is 5.56 Å². The molecule has 2 N–H and O–H groups in total. The molecule has 116 valence electrons. The first-order chi connectivity index (χ1) is 9.72. The lowest BCUT2D eigenvalue weighted by Gasteiger charge is -2.36. The average molecular weight is 310 g/mol. The molecule has 1 aromatic rings. The highest BCUT2D eigenvalue weighted by molar-refractivity contribution is 7.63. The standard InChI is InChI=1S/C15H23N2O3P/c1-5-9-14(18)17(19)12-16-15(2,21(3,4)20)13-10-7-6-8-11-13/h5-8,10-11,16,19H,1,9,12H2,2-4H3. The first-order valence-corrected chi connectivity index (χ1v) is 9.28. The molecule has 0 saturated heterocycles. The maximum absolute atomic E-state index is 12.7. The minimum absolute atomic E-state index is 0.0517. The Morgan fingerprint density at radius 3 is 2.48 bits per heavy atom. The van der Waals surface area contributed by atoms with Crippen LogP contribution in [-0.4, -0.2) is 36.2 Å². The number of rotatable bonds is 7. The first-order valence-electron chi connectivity index (χ1n) is 6.68. The monoisotopic (exact) mass is 310 g/mol. The van der Waals surface area contributed by atoms with Crippen molar-refractivity contribution in [2.45, 2.75) is 18.6 Å². The number of carbonyl (C=O) groups excluding carboxylic acids is 1. The second kappa shape index (κ2) is 7.03. The number of benzene rings is 1. The fraction of sp³-hybridized carbons (Fsp3) is 0.400. The van der Waals surface area contributed by atoms with Gasteiger partial charge in [-0.3, -0.25) is 15.3 Å². The summed E-state index contributed by atoms with van der Waals surface area (Å²) in [5.74, 6) is -0.463. The van der Waals surface area contributed by atoms with Crippen molar-refractivity contribution >= 4 is 13.0 Å². The van der Waals surface area contributed by atoms with Crippen LogP contribution in [0.1, 0.15) is 18.9 Å². The Kier molecular flexibility index (Phi) is 5.90. The van der Waals surface area contributed by atoms with E-state index in [1.54, 1.807) is 13.3 Å². The van der Waals surface area contributed by atoms with Crippen molar-refractivity contribution in [3.8, 4) is 0 Å². The molecule has 1 atom stereocenters. The van der Waals surface area contributed by atoms with E-state index < -0.39 is 18.3 Å². The molecule has 0 saturated carbocycles. The molecular formula is C15H23N2O3P. The van der Waals surface area contributed by atoms with Crippen molar-refractivity contribution in [2.24, 2.45) is 0 Å². The van der Waals surface area contributed by atoms with Gasteiger partial charge in [0.05, 0.1) is 11.9 Å². The van der Waals surface area contributed by atoms with Gasteiger partial charge in [0.15, 0.2) is 0 Å². The number of hydrogen-bond acceptors (Lipinski definition) is 4. The highest BCUT2D eigenvalue weighted by Gasteiger charge is 2.38. The Bertz CT molecular complexity index is 541. The zero-order valence-corrected chi connectivity index (χ0v) is 13.6. The van der Waals surface area contributed by atoms with Gasteiger partial charge in [-0.2, -0.15) is 0 Å². The molecule has 0 aliphatic heterocycles. The molecule has 1 unspecified atom stereocenters. The Morgan fingerprint density at radius 1 is 1.43 bits per heavy atom. The van der Waals surface area contributed by atoms with Crippen molar-refractivity contribution in [3.05, 3.63) is 48.6 Å². The highest BCUT2D eigenvalue weighted by Crippen LogP contribution is 2.55. The molecule has 0 fully saturated rings. The van der Waals surface area contributed by atoms with Crippen molar-refractivity contribution < 1.29 is 14.6 Å². The van der Waals surface area contributed by atoms with Gasteiger partial charge in [0.2, 0.25) is 0 Å². The Hall–Kier alpha value is -1.42. The summed E-state index contributed by atoms with van der Waals surface area (Å²) < 4.78 is 12.7. The van der Waals surface area contributed by atoms with Gasteiger partial charge >= 0.3 is 0 Å². The molecule has 1 rings (SSSR count). The number of hydrogen-bond donors (Lipinski definition) is 2. The molecule has 0 spiro atoms. The molecule has 0 bridgehead atoms. The highest BCUT2D eigenvalue weighted by atomic mass is 31.2. The quantitative estimate of drug-likeness (QED) is 0.267. The van der Waals surface area contributed by atoms with Crippen molar-refractivity contribution in [2.75, 3.05) is 20.0 Å². The van der Waals surface area contributed by atoms with E-state index in [9.17, 15) is 14.6 Å². The lowest BCUT2D eigenvalue weighted by atomic mass is 10.1. The van der Waals surface area contributed by atoms with Crippen LogP contribution in [0.4, 0.5) is 0 Å². The fourth-order valence-electron chi connectivity index (χ4n) is 1.91. The molecule has 0 heterocycles. The summed E-state index contributed by atoms with van der Waals surface area (Å²) in [7, 11) is -2.59. The summed E-state index contributed by atoms with van der Waals surface area (Å²) in [6.07, 6.45) is 1.47. The maximum atomic E-state index is 12.7. The van der Waals surface area contributed by atoms with Gasteiger partial charge in [0.25, 0.3) is 5.91 Å². The molecule has 1 aromatic carbocycles. The van der Waals surface area contributed by atoms with E-state index in [1.165, 1.54) is 6.08 Å². The summed E-state index contributed by atoms with van der Waals surface area (Å²) in [4.78, 5) is 11.5. The second-order valence-corrected chi connectivity index (χ2v) is 9.01. The van der Waals surface area contributed by atoms with E-state index in [0.29, 0.717) is 5.06 Å². The number of hydroxylamine groups is 2. The van der Waals surface area contributed by atoms with Crippen LogP contribution in [0.2, 0.25) is 0 Å². The zero-order valence-electron chi connectivity index (χ0n) is 12.7. The van der Waals surface area contributed by atoms with Crippen molar-refractivity contribution in [1.29, 1.82) is 0 Å². The van der Waals surface area contributed by atoms with Crippen LogP contribution < -0.4 is 5.32 Å². The predicted molar refractivity (Wildman–Crippen MR) is 84.7 cm³/mol. The third-order valence-electron chi connectivity index (χ3n) is 3.59. The SMILES string of the molecule is C=CCC(=O)N(O)CNC(C)(c1ccccc1)P(C)(C)=O. The molecule has 0 aliphatic rings. The lowest BCUT2D eigenvalue weighted by Crippen LogP contribution is -2.46. The third kappa shape index (κ3) is 4.27. The summed E-state index contributed by atoms with van der Waals surface area (Å²) >= 11 is 0. The van der Waals surface area contributed by atoms with Crippen LogP contribution in [0.5, 0.6) is 0 Å². The Labute approximate surface area is 126 Å². The molecular weight excluding hydrogens is 287 g/mol. The van der Waals surface area contributed by atoms with Gasteiger partial charge < -0.3 is 4.57 Å². The molecule has 6 heteroatoms. The van der Waals surface area contributed by atoms with Crippen LogP contribution in [-0.2, 0) is 14.6 Å². The summed E-state index contributed by atoms with van der Waals surface area (Å²) in [6.45, 7) is 8.52. The molecule has 21 heavy (non-hydrogen) atoms. The number of carbonyl (C=O) groups is 1. The van der Waals surface area contributed by atoms with Crippen LogP contribution in [0.25, 0.3) is 0 Å². The van der Waals surface area contributed by atoms with Gasteiger partial charge in [-0.1, -0.05) is 36.4 Å². The molecule has 1 amide bonds. The Balaban J connectivity index is 2.94. The fourth-order valence-corrected chi connectivity index (χ4v) is 3.13. The molecule has 0 radical (unpaired) electrons. The summed E-state index contributed by atoms with van der Waals surface area (Å²) in [5, 5.41) is 12.5. The predicted octanol–water partition coefficient (Wildman–Crippen LogP) is 2.82. The van der Waals surface area contributed by atoms with E-state index in [2.05, 4.69) is 11.9 Å². The van der Waals surface area contributed by atoms with Gasteiger partial charge in [-0.15, -0.1) is 6.58 Å². The number of nitrogens with zero attached hydrogens (tertiary/aromatic N) is 1. The van der Waals surface area contributed by atoms with Gasteiger partial charge in [-0.25, -0.2) is 5.06 Å². The van der Waals surface area contributed by atoms with Crippen molar-refractivity contribution in [3.63, 3.8) is 0 Å². The topological polar surface area (TPSA) is 69.6 Å². The van der Waals surface area contributed by atoms with Gasteiger partial charge in [0.1, 0.15) is 7.14 Å². The zero-order chi connectivity index (χ0) is 16.1.